The number of carbonyl (C=O) groups excluding carboxylic acids is 1. The molecule has 2 rings (SSSR count). The number of carbonyl (C=O) groups is 1. The van der Waals surface area contributed by atoms with Gasteiger partial charge in [-0.15, -0.1) is 0 Å². The molecule has 1 aromatic heterocycles. The van der Waals surface area contributed by atoms with Gasteiger partial charge in [0.15, 0.2) is 0 Å². The SMILES string of the molecule is O=C(Nc1ccc(C(F)(F)F)cc1)Nc1ccco1. The average Bonchev–Trinajstić information content (AvgIpc) is 2.81. The Morgan fingerprint density at radius 2 is 1.74 bits per heavy atom. The van der Waals surface area contributed by atoms with Crippen LogP contribution in [0.2, 0.25) is 0 Å². The van der Waals surface area contributed by atoms with Gasteiger partial charge in [0.1, 0.15) is 0 Å². The third-order valence-corrected chi connectivity index (χ3v) is 2.23. The first-order chi connectivity index (χ1) is 8.95. The fourth-order valence-corrected chi connectivity index (χ4v) is 1.37. The predicted octanol–water partition coefficient (Wildman–Crippen LogP) is 3.94. The van der Waals surface area contributed by atoms with Crippen LogP contribution >= 0.6 is 0 Å². The Morgan fingerprint density at radius 1 is 1.05 bits per heavy atom. The Morgan fingerprint density at radius 3 is 2.26 bits per heavy atom. The molecule has 0 aliphatic rings. The fraction of sp³-hybridized carbons (Fsp3) is 0.0833. The molecule has 0 fully saturated rings. The molecule has 0 radical (unpaired) electrons. The molecule has 0 saturated heterocycles. The van der Waals surface area contributed by atoms with E-state index in [9.17, 15) is 18.0 Å². The number of hydrogen-bond acceptors (Lipinski definition) is 2. The Balaban J connectivity index is 1.98. The Labute approximate surface area is 106 Å². The van der Waals surface area contributed by atoms with Crippen LogP contribution in [0, 0.1) is 0 Å². The molecule has 2 aromatic rings. The fourth-order valence-electron chi connectivity index (χ4n) is 1.37. The molecule has 0 spiro atoms. The molecule has 1 aromatic carbocycles. The summed E-state index contributed by atoms with van der Waals surface area (Å²) in [6.07, 6.45) is -3.01. The molecule has 1 heterocycles. The number of nitrogens with one attached hydrogen (secondary N) is 2. The van der Waals surface area contributed by atoms with Crippen molar-refractivity contribution >= 4 is 17.6 Å². The lowest BCUT2D eigenvalue weighted by Gasteiger charge is -2.08. The lowest BCUT2D eigenvalue weighted by molar-refractivity contribution is -0.137. The lowest BCUT2D eigenvalue weighted by atomic mass is 10.2. The van der Waals surface area contributed by atoms with Crippen molar-refractivity contribution < 1.29 is 22.4 Å². The Hall–Kier alpha value is -2.44. The number of benzene rings is 1. The molecule has 0 saturated carbocycles. The van der Waals surface area contributed by atoms with Crippen LogP contribution in [0.25, 0.3) is 0 Å². The second-order valence-electron chi connectivity index (χ2n) is 3.63. The van der Waals surface area contributed by atoms with Crippen LogP contribution in [-0.4, -0.2) is 6.03 Å². The van der Waals surface area contributed by atoms with Crippen molar-refractivity contribution in [2.45, 2.75) is 6.18 Å². The highest BCUT2D eigenvalue weighted by Crippen LogP contribution is 2.29. The molecular formula is C12H9F3N2O2. The number of alkyl halides is 3. The molecule has 7 heteroatoms. The van der Waals surface area contributed by atoms with Crippen molar-refractivity contribution in [1.82, 2.24) is 0 Å². The van der Waals surface area contributed by atoms with Gasteiger partial charge >= 0.3 is 12.2 Å². The normalized spacial score (nSPS) is 11.1. The van der Waals surface area contributed by atoms with Gasteiger partial charge in [-0.1, -0.05) is 0 Å². The monoisotopic (exact) mass is 270 g/mol. The molecule has 0 unspecified atom stereocenters. The summed E-state index contributed by atoms with van der Waals surface area (Å²) in [6.45, 7) is 0. The number of amides is 2. The van der Waals surface area contributed by atoms with Gasteiger partial charge in [0, 0.05) is 11.8 Å². The molecular weight excluding hydrogens is 261 g/mol. The first-order valence-electron chi connectivity index (χ1n) is 5.24. The number of halogens is 3. The summed E-state index contributed by atoms with van der Waals surface area (Å²) in [5.41, 5.74) is -0.526. The molecule has 100 valence electrons. The third kappa shape index (κ3) is 3.51. The third-order valence-electron chi connectivity index (χ3n) is 2.23. The minimum Gasteiger partial charge on any atom is -0.449 e. The van der Waals surface area contributed by atoms with Crippen molar-refractivity contribution in [3.05, 3.63) is 48.2 Å². The zero-order valence-corrected chi connectivity index (χ0v) is 9.49. The number of hydrogen-bond donors (Lipinski definition) is 2. The molecule has 2 amide bonds. The van der Waals surface area contributed by atoms with E-state index >= 15 is 0 Å². The van der Waals surface area contributed by atoms with E-state index in [0.717, 1.165) is 12.1 Å². The highest BCUT2D eigenvalue weighted by Gasteiger charge is 2.29. The summed E-state index contributed by atoms with van der Waals surface area (Å²) in [6, 6.07) is 6.65. The van der Waals surface area contributed by atoms with Gasteiger partial charge in [-0.3, -0.25) is 5.32 Å². The maximum Gasteiger partial charge on any atom is 0.416 e. The average molecular weight is 270 g/mol. The lowest BCUT2D eigenvalue weighted by Crippen LogP contribution is -2.19. The summed E-state index contributed by atoms with van der Waals surface area (Å²) in [5, 5.41) is 4.76. The number of anilines is 2. The van der Waals surface area contributed by atoms with Crippen molar-refractivity contribution in [3.63, 3.8) is 0 Å². The maximum absolute atomic E-state index is 12.3. The first-order valence-corrected chi connectivity index (χ1v) is 5.24. The molecule has 19 heavy (non-hydrogen) atoms. The quantitative estimate of drug-likeness (QED) is 0.868. The number of furan rings is 1. The Bertz CT molecular complexity index is 547. The summed E-state index contributed by atoms with van der Waals surface area (Å²) in [7, 11) is 0. The van der Waals surface area contributed by atoms with Crippen LogP contribution in [-0.2, 0) is 6.18 Å². The predicted molar refractivity (Wildman–Crippen MR) is 62.8 cm³/mol. The van der Waals surface area contributed by atoms with E-state index in [1.54, 1.807) is 6.07 Å². The summed E-state index contributed by atoms with van der Waals surface area (Å²) in [4.78, 5) is 11.5. The molecule has 0 aliphatic carbocycles. The van der Waals surface area contributed by atoms with Crippen molar-refractivity contribution in [2.24, 2.45) is 0 Å². The number of rotatable bonds is 2. The van der Waals surface area contributed by atoms with Gasteiger partial charge in [-0.2, -0.15) is 13.2 Å². The van der Waals surface area contributed by atoms with Gasteiger partial charge in [0.25, 0.3) is 0 Å². The second-order valence-corrected chi connectivity index (χ2v) is 3.63. The van der Waals surface area contributed by atoms with Crippen LogP contribution < -0.4 is 10.6 Å². The standard InChI is InChI=1S/C12H9F3N2O2/c13-12(14,15)8-3-5-9(6-4-8)16-11(18)17-10-2-1-7-19-10/h1-7H,(H2,16,17,18). The van der Waals surface area contributed by atoms with Crippen molar-refractivity contribution in [1.29, 1.82) is 0 Å². The largest absolute Gasteiger partial charge is 0.449 e. The molecule has 0 aliphatic heterocycles. The maximum atomic E-state index is 12.3. The van der Waals surface area contributed by atoms with Gasteiger partial charge in [-0.25, -0.2) is 4.79 Å². The van der Waals surface area contributed by atoms with Crippen LogP contribution in [0.5, 0.6) is 0 Å². The molecule has 4 nitrogen and oxygen atoms in total. The van der Waals surface area contributed by atoms with E-state index in [1.807, 2.05) is 0 Å². The van der Waals surface area contributed by atoms with Crippen LogP contribution in [0.3, 0.4) is 0 Å². The minimum absolute atomic E-state index is 0.240. The van der Waals surface area contributed by atoms with E-state index in [-0.39, 0.29) is 11.6 Å². The van der Waals surface area contributed by atoms with E-state index < -0.39 is 17.8 Å². The van der Waals surface area contributed by atoms with Gasteiger partial charge in [-0.05, 0) is 30.3 Å². The highest BCUT2D eigenvalue weighted by molar-refractivity contribution is 5.98. The topological polar surface area (TPSA) is 54.3 Å². The first kappa shape index (κ1) is 13.0. The van der Waals surface area contributed by atoms with Gasteiger partial charge in [0.05, 0.1) is 11.8 Å². The molecule has 0 bridgehead atoms. The number of urea groups is 1. The van der Waals surface area contributed by atoms with E-state index in [4.69, 9.17) is 4.42 Å². The van der Waals surface area contributed by atoms with E-state index in [1.165, 1.54) is 24.5 Å². The molecule has 0 atom stereocenters. The second kappa shape index (κ2) is 5.05. The summed E-state index contributed by atoms with van der Waals surface area (Å²) in [5.74, 6) is 0.240. The van der Waals surface area contributed by atoms with Crippen LogP contribution in [0.1, 0.15) is 5.56 Å². The summed E-state index contributed by atoms with van der Waals surface area (Å²) < 4.78 is 41.9. The zero-order valence-electron chi connectivity index (χ0n) is 9.49. The van der Waals surface area contributed by atoms with Gasteiger partial charge < -0.3 is 9.73 Å². The van der Waals surface area contributed by atoms with Crippen molar-refractivity contribution in [2.75, 3.05) is 10.6 Å². The Kier molecular flexibility index (Phi) is 3.46. The minimum atomic E-state index is -4.39. The van der Waals surface area contributed by atoms with Crippen molar-refractivity contribution in [3.8, 4) is 0 Å². The van der Waals surface area contributed by atoms with Crippen LogP contribution in [0.15, 0.2) is 47.1 Å². The van der Waals surface area contributed by atoms with E-state index in [0.29, 0.717) is 0 Å². The van der Waals surface area contributed by atoms with Crippen LogP contribution in [0.4, 0.5) is 29.5 Å². The molecule has 2 N–H and O–H groups in total. The van der Waals surface area contributed by atoms with E-state index in [2.05, 4.69) is 10.6 Å². The van der Waals surface area contributed by atoms with Gasteiger partial charge in [0.2, 0.25) is 5.88 Å². The smallest absolute Gasteiger partial charge is 0.416 e. The zero-order chi connectivity index (χ0) is 13.9. The summed E-state index contributed by atoms with van der Waals surface area (Å²) >= 11 is 0. The highest BCUT2D eigenvalue weighted by atomic mass is 19.4.